The first-order valence-corrected chi connectivity index (χ1v) is 8.89. The lowest BCUT2D eigenvalue weighted by atomic mass is 9.96. The molecule has 0 aliphatic carbocycles. The van der Waals surface area contributed by atoms with E-state index in [0.717, 1.165) is 4.90 Å². The molecular formula is C16H18N2O6S. The van der Waals surface area contributed by atoms with Crippen LogP contribution in [0.15, 0.2) is 30.3 Å². The number of carbonyl (C=O) groups is 3. The van der Waals surface area contributed by atoms with E-state index in [2.05, 4.69) is 5.32 Å². The average molecular weight is 366 g/mol. The molecule has 2 amide bonds. The maximum Gasteiger partial charge on any atom is 0.328 e. The first-order valence-electron chi connectivity index (χ1n) is 7.68. The van der Waals surface area contributed by atoms with Gasteiger partial charge >= 0.3 is 5.97 Å². The van der Waals surface area contributed by atoms with Crippen molar-refractivity contribution >= 4 is 28.6 Å². The molecule has 9 heteroatoms. The molecule has 0 spiro atoms. The van der Waals surface area contributed by atoms with Crippen molar-refractivity contribution in [3.63, 3.8) is 0 Å². The maximum absolute atomic E-state index is 12.6. The van der Waals surface area contributed by atoms with Crippen LogP contribution in [0.4, 0.5) is 0 Å². The zero-order valence-electron chi connectivity index (χ0n) is 13.7. The number of carboxylic acids is 1. The van der Waals surface area contributed by atoms with Crippen molar-refractivity contribution in [2.24, 2.45) is 0 Å². The molecule has 2 heterocycles. The Balaban J connectivity index is 1.65. The van der Waals surface area contributed by atoms with Crippen molar-refractivity contribution in [3.8, 4) is 5.75 Å². The minimum absolute atomic E-state index is 0.293. The highest BCUT2D eigenvalue weighted by molar-refractivity contribution is 7.87. The summed E-state index contributed by atoms with van der Waals surface area (Å²) >= 11 is 0. The number of aliphatic carboxylic acids is 1. The fraction of sp³-hybridized carbons (Fsp3) is 0.438. The van der Waals surface area contributed by atoms with Gasteiger partial charge in [0.1, 0.15) is 23.2 Å². The fourth-order valence-electron chi connectivity index (χ4n) is 3.17. The summed E-state index contributed by atoms with van der Waals surface area (Å²) in [6.45, 7) is 2.80. The van der Waals surface area contributed by atoms with Gasteiger partial charge in [0, 0.05) is 0 Å². The van der Waals surface area contributed by atoms with E-state index in [4.69, 9.17) is 4.74 Å². The summed E-state index contributed by atoms with van der Waals surface area (Å²) in [5.41, 5.74) is 0. The second-order valence-corrected chi connectivity index (χ2v) is 8.55. The van der Waals surface area contributed by atoms with Gasteiger partial charge in [-0.1, -0.05) is 18.2 Å². The molecule has 8 nitrogen and oxygen atoms in total. The van der Waals surface area contributed by atoms with E-state index < -0.39 is 50.8 Å². The van der Waals surface area contributed by atoms with E-state index in [1.54, 1.807) is 38.1 Å². The first kappa shape index (κ1) is 17.4. The van der Waals surface area contributed by atoms with E-state index in [1.165, 1.54) is 0 Å². The zero-order chi connectivity index (χ0) is 18.4. The van der Waals surface area contributed by atoms with E-state index in [0.29, 0.717) is 5.75 Å². The smallest absolute Gasteiger partial charge is 0.328 e. The van der Waals surface area contributed by atoms with E-state index >= 15 is 0 Å². The molecule has 3 rings (SSSR count). The number of nitrogens with zero attached hydrogens (tertiary/aromatic N) is 1. The SMILES string of the molecule is CC1(C)[C@H](C(=O)O)N2C(=O)C(NC(=O)COc3ccccc3)[C@H]2S1=O. The Kier molecular flexibility index (Phi) is 4.28. The highest BCUT2D eigenvalue weighted by atomic mass is 32.2. The van der Waals surface area contributed by atoms with Crippen LogP contribution in [0.25, 0.3) is 0 Å². The summed E-state index contributed by atoms with van der Waals surface area (Å²) in [6, 6.07) is 6.55. The van der Waals surface area contributed by atoms with Crippen LogP contribution in [-0.4, -0.2) is 60.8 Å². The van der Waals surface area contributed by atoms with Gasteiger partial charge in [0.15, 0.2) is 6.61 Å². The Morgan fingerprint density at radius 1 is 1.32 bits per heavy atom. The number of benzene rings is 1. The molecule has 2 fully saturated rings. The molecule has 0 radical (unpaired) electrons. The number of hydrogen-bond acceptors (Lipinski definition) is 5. The third-order valence-electron chi connectivity index (χ3n) is 4.42. The van der Waals surface area contributed by atoms with Crippen molar-refractivity contribution in [1.29, 1.82) is 0 Å². The van der Waals surface area contributed by atoms with Crippen LogP contribution in [-0.2, 0) is 25.2 Å². The zero-order valence-corrected chi connectivity index (χ0v) is 14.5. The molecule has 0 saturated carbocycles. The molecule has 2 N–H and O–H groups in total. The Bertz CT molecular complexity index is 750. The van der Waals surface area contributed by atoms with Gasteiger partial charge in [0.2, 0.25) is 5.91 Å². The molecule has 1 aromatic rings. The van der Waals surface area contributed by atoms with Crippen LogP contribution >= 0.6 is 0 Å². The second-order valence-electron chi connectivity index (χ2n) is 6.42. The summed E-state index contributed by atoms with van der Waals surface area (Å²) in [5, 5.41) is 11.0. The number of amides is 2. The van der Waals surface area contributed by atoms with Crippen molar-refractivity contribution in [1.82, 2.24) is 10.2 Å². The second kappa shape index (κ2) is 6.14. The van der Waals surface area contributed by atoms with E-state index in [-0.39, 0.29) is 6.61 Å². The van der Waals surface area contributed by atoms with Gasteiger partial charge in [0.05, 0.1) is 15.5 Å². The quantitative estimate of drug-likeness (QED) is 0.693. The van der Waals surface area contributed by atoms with Crippen LogP contribution in [0.3, 0.4) is 0 Å². The van der Waals surface area contributed by atoms with Gasteiger partial charge in [-0.05, 0) is 26.0 Å². The van der Waals surface area contributed by atoms with Gasteiger partial charge in [-0.2, -0.15) is 0 Å². The standard InChI is InChI=1S/C16H18N2O6S/c1-16(2)12(15(21)22)18-13(20)11(14(18)25(16)23)17-10(19)8-24-9-6-4-3-5-7-9/h3-7,11-12,14H,8H2,1-2H3,(H,17,19)(H,21,22)/t11?,12-,14+,25?/m0/s1. The predicted octanol–water partition coefficient (Wildman–Crippen LogP) is -0.287. The lowest BCUT2D eigenvalue weighted by Crippen LogP contribution is -2.71. The number of para-hydroxylation sites is 1. The van der Waals surface area contributed by atoms with Crippen LogP contribution < -0.4 is 10.1 Å². The number of rotatable bonds is 5. The van der Waals surface area contributed by atoms with E-state index in [9.17, 15) is 23.7 Å². The maximum atomic E-state index is 12.6. The first-order chi connectivity index (χ1) is 11.7. The fourth-order valence-corrected chi connectivity index (χ4v) is 5.09. The van der Waals surface area contributed by atoms with Gasteiger partial charge in [-0.15, -0.1) is 0 Å². The average Bonchev–Trinajstić information content (AvgIpc) is 2.76. The Morgan fingerprint density at radius 2 is 1.96 bits per heavy atom. The molecule has 2 aliphatic rings. The highest BCUT2D eigenvalue weighted by Crippen LogP contribution is 2.43. The monoisotopic (exact) mass is 366 g/mol. The lowest BCUT2D eigenvalue weighted by molar-refractivity contribution is -0.161. The van der Waals surface area contributed by atoms with Gasteiger partial charge < -0.3 is 20.1 Å². The molecular weight excluding hydrogens is 348 g/mol. The van der Waals surface area contributed by atoms with Crippen molar-refractivity contribution in [2.45, 2.75) is 36.1 Å². The summed E-state index contributed by atoms with van der Waals surface area (Å²) in [6.07, 6.45) is 0. The topological polar surface area (TPSA) is 113 Å². The number of carbonyl (C=O) groups excluding carboxylic acids is 2. The molecule has 2 unspecified atom stereocenters. The Hall–Kier alpha value is -2.42. The highest BCUT2D eigenvalue weighted by Gasteiger charge is 2.68. The number of ether oxygens (including phenoxy) is 1. The number of hydrogen-bond donors (Lipinski definition) is 2. The molecule has 1 aromatic carbocycles. The number of carboxylic acid groups (broad SMARTS) is 1. The van der Waals surface area contributed by atoms with Crippen LogP contribution in [0.2, 0.25) is 0 Å². The van der Waals surface area contributed by atoms with Gasteiger partial charge in [-0.25, -0.2) is 4.79 Å². The number of fused-ring (bicyclic) bond motifs is 1. The number of nitrogens with one attached hydrogen (secondary N) is 1. The Labute approximate surface area is 146 Å². The van der Waals surface area contributed by atoms with Crippen LogP contribution in [0.5, 0.6) is 5.75 Å². The normalized spacial score (nSPS) is 29.5. The van der Waals surface area contributed by atoms with Crippen molar-refractivity contribution in [2.75, 3.05) is 6.61 Å². The molecule has 0 aromatic heterocycles. The van der Waals surface area contributed by atoms with Crippen LogP contribution in [0, 0.1) is 0 Å². The van der Waals surface area contributed by atoms with Gasteiger partial charge in [0.25, 0.3) is 5.91 Å². The van der Waals surface area contributed by atoms with E-state index in [1.807, 2.05) is 6.07 Å². The minimum Gasteiger partial charge on any atom is -0.484 e. The van der Waals surface area contributed by atoms with Crippen LogP contribution in [0.1, 0.15) is 13.8 Å². The molecule has 0 bridgehead atoms. The third kappa shape index (κ3) is 2.78. The summed E-state index contributed by atoms with van der Waals surface area (Å²) < 4.78 is 16.8. The Morgan fingerprint density at radius 3 is 2.56 bits per heavy atom. The van der Waals surface area contributed by atoms with Crippen molar-refractivity contribution < 1.29 is 28.4 Å². The van der Waals surface area contributed by atoms with Gasteiger partial charge in [-0.3, -0.25) is 13.8 Å². The lowest BCUT2D eigenvalue weighted by Gasteiger charge is -2.42. The molecule has 4 atom stereocenters. The molecule has 134 valence electrons. The third-order valence-corrected chi connectivity index (χ3v) is 6.62. The molecule has 2 saturated heterocycles. The molecule has 25 heavy (non-hydrogen) atoms. The largest absolute Gasteiger partial charge is 0.484 e. The minimum atomic E-state index is -1.61. The summed E-state index contributed by atoms with van der Waals surface area (Å²) in [5.74, 6) is -1.76. The van der Waals surface area contributed by atoms with Crippen molar-refractivity contribution in [3.05, 3.63) is 30.3 Å². The predicted molar refractivity (Wildman–Crippen MR) is 88.1 cm³/mol. The number of β-lactam (4-membered cyclic amide) rings is 1. The molecule has 2 aliphatic heterocycles. The summed E-state index contributed by atoms with van der Waals surface area (Å²) in [4.78, 5) is 36.8. The summed E-state index contributed by atoms with van der Waals surface area (Å²) in [7, 11) is -1.61.